The minimum atomic E-state index is 0.0257. The third-order valence-corrected chi connectivity index (χ3v) is 7.20. The van der Waals surface area contributed by atoms with Crippen LogP contribution in [0.25, 0.3) is 11.3 Å². The average Bonchev–Trinajstić information content (AvgIpc) is 3.65. The van der Waals surface area contributed by atoms with Crippen LogP contribution in [0, 0.1) is 5.41 Å². The molecular weight excluding hydrogens is 482 g/mol. The molecule has 0 amide bonds. The molecule has 1 aliphatic rings. The van der Waals surface area contributed by atoms with E-state index >= 15 is 0 Å². The maximum atomic E-state index is 12.4. The first-order valence-corrected chi connectivity index (χ1v) is 12.7. The summed E-state index contributed by atoms with van der Waals surface area (Å²) in [5, 5.41) is 12.9. The first-order valence-electron chi connectivity index (χ1n) is 11.5. The van der Waals surface area contributed by atoms with Crippen molar-refractivity contribution < 1.29 is 14.1 Å². The van der Waals surface area contributed by atoms with Gasteiger partial charge in [0.05, 0.1) is 9.21 Å². The van der Waals surface area contributed by atoms with Gasteiger partial charge in [0.25, 0.3) is 0 Å². The summed E-state index contributed by atoms with van der Waals surface area (Å²) in [6.45, 7) is 1.80. The third kappa shape index (κ3) is 5.47. The number of rotatable bonds is 8. The number of amidine groups is 1. The number of ether oxygens (including phenoxy) is 1. The lowest BCUT2D eigenvalue weighted by Gasteiger charge is -2.19. The number of nitrogens with zero attached hydrogens (tertiary/aromatic N) is 2. The van der Waals surface area contributed by atoms with E-state index in [1.807, 2.05) is 54.6 Å². The SMILES string of the molecule is N=C(c1ccc(-c2cc(CCC(=O)c3ccc(Cl)s3)on2)c(Oc2ccccc2)c1)N1CCCC1. The van der Waals surface area contributed by atoms with Gasteiger partial charge in [-0.25, -0.2) is 0 Å². The van der Waals surface area contributed by atoms with Gasteiger partial charge in [-0.1, -0.05) is 41.0 Å². The molecule has 178 valence electrons. The zero-order valence-corrected chi connectivity index (χ0v) is 20.6. The Kier molecular flexibility index (Phi) is 6.97. The van der Waals surface area contributed by atoms with Gasteiger partial charge in [-0.05, 0) is 49.2 Å². The van der Waals surface area contributed by atoms with Crippen LogP contribution in [0.2, 0.25) is 4.34 Å². The molecule has 0 atom stereocenters. The summed E-state index contributed by atoms with van der Waals surface area (Å²) < 4.78 is 12.4. The van der Waals surface area contributed by atoms with E-state index in [2.05, 4.69) is 10.1 Å². The normalized spacial score (nSPS) is 13.2. The van der Waals surface area contributed by atoms with Crippen LogP contribution >= 0.6 is 22.9 Å². The summed E-state index contributed by atoms with van der Waals surface area (Å²) in [4.78, 5) is 15.2. The Morgan fingerprint density at radius 1 is 1.09 bits per heavy atom. The van der Waals surface area contributed by atoms with Gasteiger partial charge in [0.1, 0.15) is 28.8 Å². The van der Waals surface area contributed by atoms with Crippen LogP contribution in [0.1, 0.15) is 40.3 Å². The molecule has 3 heterocycles. The predicted octanol–water partition coefficient (Wildman–Crippen LogP) is 7.09. The Balaban J connectivity index is 1.38. The molecule has 5 rings (SSSR count). The summed E-state index contributed by atoms with van der Waals surface area (Å²) in [7, 11) is 0. The lowest BCUT2D eigenvalue weighted by Crippen LogP contribution is -2.27. The highest BCUT2D eigenvalue weighted by atomic mass is 35.5. The fourth-order valence-electron chi connectivity index (χ4n) is 4.09. The first-order chi connectivity index (χ1) is 17.1. The molecule has 1 fully saturated rings. The summed E-state index contributed by atoms with van der Waals surface area (Å²) in [5.74, 6) is 2.44. The van der Waals surface area contributed by atoms with E-state index in [0.717, 1.165) is 37.1 Å². The number of halogens is 1. The standard InChI is InChI=1S/C27H24ClN3O3S/c28-26-13-12-25(35-26)23(32)11-9-20-17-22(30-34-20)21-10-8-18(27(29)31-14-4-5-15-31)16-24(21)33-19-6-2-1-3-7-19/h1-3,6-8,10,12-13,16-17,29H,4-5,9,11,14-15H2. The van der Waals surface area contributed by atoms with Gasteiger partial charge in [-0.3, -0.25) is 10.2 Å². The number of hydrogen-bond donors (Lipinski definition) is 1. The summed E-state index contributed by atoms with van der Waals surface area (Å²) in [5.41, 5.74) is 2.18. The van der Waals surface area contributed by atoms with Crippen molar-refractivity contribution in [1.29, 1.82) is 5.41 Å². The minimum Gasteiger partial charge on any atom is -0.457 e. The molecule has 1 saturated heterocycles. The number of carbonyl (C=O) groups is 1. The second kappa shape index (κ2) is 10.5. The van der Waals surface area contributed by atoms with Gasteiger partial charge in [-0.15, -0.1) is 11.3 Å². The molecule has 0 unspecified atom stereocenters. The molecular formula is C27H24ClN3O3S. The molecule has 2 aromatic heterocycles. The monoisotopic (exact) mass is 505 g/mol. The molecule has 0 radical (unpaired) electrons. The first kappa shape index (κ1) is 23.3. The van der Waals surface area contributed by atoms with Crippen molar-refractivity contribution in [2.45, 2.75) is 25.7 Å². The van der Waals surface area contributed by atoms with E-state index in [-0.39, 0.29) is 5.78 Å². The Morgan fingerprint density at radius 2 is 1.89 bits per heavy atom. The van der Waals surface area contributed by atoms with E-state index in [1.165, 1.54) is 11.3 Å². The molecule has 0 saturated carbocycles. The van der Waals surface area contributed by atoms with Crippen molar-refractivity contribution in [2.75, 3.05) is 13.1 Å². The number of benzene rings is 2. The van der Waals surface area contributed by atoms with Crippen molar-refractivity contribution >= 4 is 34.6 Å². The van der Waals surface area contributed by atoms with E-state index < -0.39 is 0 Å². The lowest BCUT2D eigenvalue weighted by atomic mass is 10.1. The summed E-state index contributed by atoms with van der Waals surface area (Å²) >= 11 is 7.22. The Bertz CT molecular complexity index is 1340. The molecule has 2 aromatic carbocycles. The van der Waals surface area contributed by atoms with Gasteiger partial charge >= 0.3 is 0 Å². The van der Waals surface area contributed by atoms with E-state index in [9.17, 15) is 4.79 Å². The lowest BCUT2D eigenvalue weighted by molar-refractivity contribution is 0.0984. The van der Waals surface area contributed by atoms with Crippen molar-refractivity contribution in [3.05, 3.63) is 87.3 Å². The summed E-state index contributed by atoms with van der Waals surface area (Å²) in [6, 6.07) is 20.6. The second-order valence-electron chi connectivity index (χ2n) is 8.37. The Labute approximate surface area is 212 Å². The van der Waals surface area contributed by atoms with Crippen LogP contribution in [0.15, 0.2) is 71.3 Å². The fourth-order valence-corrected chi connectivity index (χ4v) is 5.10. The van der Waals surface area contributed by atoms with Gasteiger partial charge in [0, 0.05) is 43.1 Å². The number of nitrogens with one attached hydrogen (secondary N) is 1. The van der Waals surface area contributed by atoms with Crippen molar-refractivity contribution in [3.8, 4) is 22.8 Å². The van der Waals surface area contributed by atoms with Gasteiger partial charge < -0.3 is 14.2 Å². The number of aromatic nitrogens is 1. The molecule has 6 nitrogen and oxygen atoms in total. The number of likely N-dealkylation sites (tertiary alicyclic amines) is 1. The van der Waals surface area contributed by atoms with Crippen molar-refractivity contribution in [3.63, 3.8) is 0 Å². The van der Waals surface area contributed by atoms with Gasteiger partial charge in [0.2, 0.25) is 0 Å². The smallest absolute Gasteiger partial charge is 0.173 e. The Morgan fingerprint density at radius 3 is 2.63 bits per heavy atom. The maximum absolute atomic E-state index is 12.4. The summed E-state index contributed by atoms with van der Waals surface area (Å²) in [6.07, 6.45) is 2.97. The second-order valence-corrected chi connectivity index (χ2v) is 10.1. The van der Waals surface area contributed by atoms with Gasteiger partial charge in [0.15, 0.2) is 5.78 Å². The van der Waals surface area contributed by atoms with Crippen LogP contribution in [-0.2, 0) is 6.42 Å². The number of Topliss-reactive ketones (excluding diaryl/α,β-unsaturated/α-hetero) is 1. The zero-order valence-electron chi connectivity index (χ0n) is 19.0. The average molecular weight is 506 g/mol. The number of thiophene rings is 1. The van der Waals surface area contributed by atoms with Gasteiger partial charge in [-0.2, -0.15) is 0 Å². The predicted molar refractivity (Wildman–Crippen MR) is 138 cm³/mol. The van der Waals surface area contributed by atoms with E-state index in [4.69, 9.17) is 26.3 Å². The number of para-hydroxylation sites is 1. The van der Waals surface area contributed by atoms with Crippen LogP contribution in [0.5, 0.6) is 11.5 Å². The molecule has 0 bridgehead atoms. The largest absolute Gasteiger partial charge is 0.457 e. The molecule has 8 heteroatoms. The zero-order chi connectivity index (χ0) is 24.2. The van der Waals surface area contributed by atoms with E-state index in [0.29, 0.717) is 50.8 Å². The van der Waals surface area contributed by atoms with Crippen LogP contribution < -0.4 is 4.74 Å². The number of aryl methyl sites for hydroxylation is 1. The fraction of sp³-hybridized carbons (Fsp3) is 0.222. The highest BCUT2D eigenvalue weighted by Crippen LogP contribution is 2.35. The van der Waals surface area contributed by atoms with Crippen LogP contribution in [0.3, 0.4) is 0 Å². The molecule has 4 aromatic rings. The molecule has 1 N–H and O–H groups in total. The molecule has 0 aliphatic carbocycles. The number of carbonyl (C=O) groups excluding carboxylic acids is 1. The quantitative estimate of drug-likeness (QED) is 0.157. The highest BCUT2D eigenvalue weighted by Gasteiger charge is 2.20. The molecule has 1 aliphatic heterocycles. The maximum Gasteiger partial charge on any atom is 0.173 e. The molecule has 35 heavy (non-hydrogen) atoms. The van der Waals surface area contributed by atoms with Crippen molar-refractivity contribution in [2.24, 2.45) is 0 Å². The molecule has 0 spiro atoms. The highest BCUT2D eigenvalue weighted by molar-refractivity contribution is 7.18. The Hall–Kier alpha value is -3.42. The number of ketones is 1. The minimum absolute atomic E-state index is 0.0257. The van der Waals surface area contributed by atoms with Crippen molar-refractivity contribution in [1.82, 2.24) is 10.1 Å². The van der Waals surface area contributed by atoms with Crippen LogP contribution in [-0.4, -0.2) is 34.8 Å². The third-order valence-electron chi connectivity index (χ3n) is 5.93. The topological polar surface area (TPSA) is 79.4 Å². The van der Waals surface area contributed by atoms with Crippen LogP contribution in [0.4, 0.5) is 0 Å². The van der Waals surface area contributed by atoms with E-state index in [1.54, 1.807) is 12.1 Å². The number of hydrogen-bond acceptors (Lipinski definition) is 6.